The molecule has 0 bridgehead atoms. The van der Waals surface area contributed by atoms with Gasteiger partial charge in [0.25, 0.3) is 11.7 Å². The molecule has 2 atom stereocenters. The lowest BCUT2D eigenvalue weighted by atomic mass is 9.81. The van der Waals surface area contributed by atoms with E-state index in [-0.39, 0.29) is 61.0 Å². The molecule has 2 aliphatic rings. The summed E-state index contributed by atoms with van der Waals surface area (Å²) in [7, 11) is 1.52. The Hall–Kier alpha value is -4.24. The van der Waals surface area contributed by atoms with Gasteiger partial charge in [0.15, 0.2) is 6.61 Å². The van der Waals surface area contributed by atoms with Crippen LogP contribution in [-0.2, 0) is 27.0 Å². The second-order valence-electron chi connectivity index (χ2n) is 12.0. The Balaban J connectivity index is 0.00000281. The van der Waals surface area contributed by atoms with Gasteiger partial charge in [0, 0.05) is 69.8 Å². The molecule has 1 aromatic heterocycles. The van der Waals surface area contributed by atoms with E-state index in [1.54, 1.807) is 17.0 Å². The lowest BCUT2D eigenvalue weighted by Crippen LogP contribution is -2.67. The minimum Gasteiger partial charge on any atom is -0.496 e. The van der Waals surface area contributed by atoms with Crippen LogP contribution >= 0.6 is 24.8 Å². The van der Waals surface area contributed by atoms with E-state index < -0.39 is 18.0 Å². The van der Waals surface area contributed by atoms with E-state index in [0.29, 0.717) is 55.3 Å². The molecule has 2 aliphatic heterocycles. The maximum Gasteiger partial charge on any atom is 0.453 e. The normalized spacial score (nSPS) is 18.1. The third-order valence-corrected chi connectivity index (χ3v) is 8.95. The molecular formula is C34H38Cl2F3N7O4. The fourth-order valence-corrected chi connectivity index (χ4v) is 6.87. The lowest BCUT2D eigenvalue weighted by molar-refractivity contribution is -0.152. The van der Waals surface area contributed by atoms with Crippen molar-refractivity contribution in [1.29, 1.82) is 0 Å². The van der Waals surface area contributed by atoms with Crippen molar-refractivity contribution < 1.29 is 32.2 Å². The smallest absolute Gasteiger partial charge is 0.453 e. The topological polar surface area (TPSA) is 106 Å². The highest BCUT2D eigenvalue weighted by Gasteiger charge is 2.43. The van der Waals surface area contributed by atoms with Crippen molar-refractivity contribution >= 4 is 36.7 Å². The Labute approximate surface area is 300 Å². The molecule has 4 aromatic rings. The van der Waals surface area contributed by atoms with Crippen molar-refractivity contribution in [2.75, 3.05) is 46.4 Å². The highest BCUT2D eigenvalue weighted by molar-refractivity contribution is 5.85. The molecule has 2 fully saturated rings. The Morgan fingerprint density at radius 1 is 0.920 bits per heavy atom. The number of alkyl halides is 3. The van der Waals surface area contributed by atoms with E-state index in [1.165, 1.54) is 20.1 Å². The Morgan fingerprint density at radius 3 is 2.18 bits per heavy atom. The highest BCUT2D eigenvalue weighted by atomic mass is 35.5. The van der Waals surface area contributed by atoms with Crippen LogP contribution in [0.2, 0.25) is 0 Å². The first-order valence-corrected chi connectivity index (χ1v) is 15.6. The number of rotatable bonds is 9. The number of carbonyl (C=O) groups excluding carboxylic acids is 2. The van der Waals surface area contributed by atoms with Gasteiger partial charge in [0.05, 0.1) is 12.8 Å². The molecule has 0 N–H and O–H groups in total. The number of ether oxygens (including phenoxy) is 2. The van der Waals surface area contributed by atoms with E-state index in [4.69, 9.17) is 9.47 Å². The van der Waals surface area contributed by atoms with Gasteiger partial charge in [-0.05, 0) is 39.8 Å². The standard InChI is InChI=1S/C34H36F3N7O4.2ClH/c1-23(45)48-22-31(46)42-15-16-43-28(20-42)19-41(21-29(43)32(24-9-5-3-6-10-24)25-11-7-4-8-12-25)18-26-17-27(13-14-30(26)47-2)44-33(34(35,36)37)38-39-40-44;;/h3-14,17,28-29,32H,15-16,18-22H2,1-2H3;2*1H/t28-,29+;;/m1../s1. The van der Waals surface area contributed by atoms with Crippen molar-refractivity contribution in [3.05, 3.63) is 101 Å². The third-order valence-electron chi connectivity index (χ3n) is 8.95. The molecule has 2 saturated heterocycles. The van der Waals surface area contributed by atoms with Crippen LogP contribution in [0.1, 0.15) is 35.4 Å². The fourth-order valence-electron chi connectivity index (χ4n) is 6.87. The quantitative estimate of drug-likeness (QED) is 0.228. The summed E-state index contributed by atoms with van der Waals surface area (Å²) in [6.07, 6.45) is -4.74. The van der Waals surface area contributed by atoms with Crippen molar-refractivity contribution in [2.24, 2.45) is 0 Å². The maximum atomic E-state index is 13.7. The number of nitrogens with zero attached hydrogens (tertiary/aromatic N) is 7. The first kappa shape index (κ1) is 38.6. The SMILES string of the molecule is COc1ccc(-n2nnnc2C(F)(F)F)cc1CN1C[C@@H]2CN(C(=O)COC(C)=O)CCN2[C@H](C(c2ccccc2)c2ccccc2)C1.Cl.Cl. The number of piperazine rings is 2. The number of aromatic nitrogens is 4. The predicted molar refractivity (Wildman–Crippen MR) is 183 cm³/mol. The van der Waals surface area contributed by atoms with Gasteiger partial charge in [-0.1, -0.05) is 60.7 Å². The first-order chi connectivity index (χ1) is 23.1. The number of halogens is 5. The van der Waals surface area contributed by atoms with Gasteiger partial charge >= 0.3 is 12.1 Å². The molecule has 3 aromatic carbocycles. The number of amides is 1. The van der Waals surface area contributed by atoms with Crippen molar-refractivity contribution in [2.45, 2.75) is 37.6 Å². The average molecular weight is 737 g/mol. The Kier molecular flexibility index (Phi) is 12.8. The summed E-state index contributed by atoms with van der Waals surface area (Å²) in [5.41, 5.74) is 3.13. The molecule has 0 aliphatic carbocycles. The van der Waals surface area contributed by atoms with Crippen LogP contribution in [0.3, 0.4) is 0 Å². The zero-order valence-corrected chi connectivity index (χ0v) is 29.0. The summed E-state index contributed by atoms with van der Waals surface area (Å²) in [5.74, 6) is -1.48. The van der Waals surface area contributed by atoms with Gasteiger partial charge < -0.3 is 14.4 Å². The molecule has 0 spiro atoms. The molecule has 50 heavy (non-hydrogen) atoms. The largest absolute Gasteiger partial charge is 0.496 e. The highest BCUT2D eigenvalue weighted by Crippen LogP contribution is 2.37. The number of hydrogen-bond donors (Lipinski definition) is 0. The summed E-state index contributed by atoms with van der Waals surface area (Å²) in [6.45, 7) is 4.09. The van der Waals surface area contributed by atoms with Crippen LogP contribution in [0.25, 0.3) is 5.69 Å². The van der Waals surface area contributed by atoms with E-state index in [1.807, 2.05) is 36.4 Å². The maximum absolute atomic E-state index is 13.7. The van der Waals surface area contributed by atoms with Gasteiger partial charge in [-0.15, -0.1) is 29.9 Å². The minimum absolute atomic E-state index is 0. The molecule has 16 heteroatoms. The molecule has 0 unspecified atom stereocenters. The van der Waals surface area contributed by atoms with Crippen LogP contribution in [0.4, 0.5) is 13.2 Å². The van der Waals surface area contributed by atoms with Crippen molar-refractivity contribution in [1.82, 2.24) is 34.9 Å². The van der Waals surface area contributed by atoms with E-state index >= 15 is 0 Å². The number of tetrazole rings is 1. The van der Waals surface area contributed by atoms with E-state index in [0.717, 1.165) is 11.1 Å². The van der Waals surface area contributed by atoms with Gasteiger partial charge in [-0.3, -0.25) is 19.4 Å². The fraction of sp³-hybridized carbons (Fsp3) is 0.382. The van der Waals surface area contributed by atoms with Crippen LogP contribution in [0.5, 0.6) is 5.75 Å². The van der Waals surface area contributed by atoms with Crippen LogP contribution < -0.4 is 4.74 Å². The zero-order valence-electron chi connectivity index (χ0n) is 27.4. The van der Waals surface area contributed by atoms with Gasteiger partial charge in [0.1, 0.15) is 5.75 Å². The number of benzene rings is 3. The molecule has 11 nitrogen and oxygen atoms in total. The number of esters is 1. The average Bonchev–Trinajstić information content (AvgIpc) is 3.59. The van der Waals surface area contributed by atoms with Gasteiger partial charge in [-0.25, -0.2) is 0 Å². The molecule has 268 valence electrons. The number of hydrogen-bond acceptors (Lipinski definition) is 9. The minimum atomic E-state index is -4.74. The number of carbonyl (C=O) groups is 2. The first-order valence-electron chi connectivity index (χ1n) is 15.6. The zero-order chi connectivity index (χ0) is 33.8. The number of fused-ring (bicyclic) bond motifs is 1. The summed E-state index contributed by atoms with van der Waals surface area (Å²) < 4.78 is 52.3. The molecule has 1 amide bonds. The van der Waals surface area contributed by atoms with Crippen molar-refractivity contribution in [3.8, 4) is 11.4 Å². The van der Waals surface area contributed by atoms with Crippen molar-refractivity contribution in [3.63, 3.8) is 0 Å². The van der Waals surface area contributed by atoms with Crippen LogP contribution in [0.15, 0.2) is 78.9 Å². The summed E-state index contributed by atoms with van der Waals surface area (Å²) >= 11 is 0. The molecular weight excluding hydrogens is 698 g/mol. The second-order valence-corrected chi connectivity index (χ2v) is 12.0. The number of methoxy groups -OCH3 is 1. The Bertz CT molecular complexity index is 1690. The van der Waals surface area contributed by atoms with Crippen LogP contribution in [0, 0.1) is 0 Å². The molecule has 0 saturated carbocycles. The lowest BCUT2D eigenvalue weighted by Gasteiger charge is -2.53. The van der Waals surface area contributed by atoms with E-state index in [2.05, 4.69) is 49.6 Å². The molecule has 3 heterocycles. The molecule has 6 rings (SSSR count). The van der Waals surface area contributed by atoms with Gasteiger partial charge in [-0.2, -0.15) is 17.9 Å². The Morgan fingerprint density at radius 2 is 1.58 bits per heavy atom. The summed E-state index contributed by atoms with van der Waals surface area (Å²) in [5, 5.41) is 10.1. The summed E-state index contributed by atoms with van der Waals surface area (Å²) in [4.78, 5) is 30.9. The monoisotopic (exact) mass is 735 g/mol. The second kappa shape index (κ2) is 16.6. The summed E-state index contributed by atoms with van der Waals surface area (Å²) in [6, 6.07) is 25.2. The predicted octanol–water partition coefficient (Wildman–Crippen LogP) is 4.63. The van der Waals surface area contributed by atoms with E-state index in [9.17, 15) is 22.8 Å². The third kappa shape index (κ3) is 8.55. The van der Waals surface area contributed by atoms with Crippen LogP contribution in [-0.4, -0.2) is 105 Å². The molecule has 0 radical (unpaired) electrons. The van der Waals surface area contributed by atoms with Gasteiger partial charge in [0.2, 0.25) is 0 Å².